The van der Waals surface area contributed by atoms with Crippen LogP contribution in [0.15, 0.2) is 52.7 Å². The quantitative estimate of drug-likeness (QED) is 0.457. The molecule has 0 amide bonds. The molecular formula is C28H33NO4S. The molecule has 2 unspecified atom stereocenters. The Morgan fingerprint density at radius 3 is 3.00 bits per heavy atom. The van der Waals surface area contributed by atoms with Crippen molar-refractivity contribution in [1.82, 2.24) is 4.90 Å². The molecule has 5 nitrogen and oxygen atoms in total. The van der Waals surface area contributed by atoms with E-state index in [1.165, 1.54) is 15.3 Å². The molecule has 0 bridgehead atoms. The predicted octanol–water partition coefficient (Wildman–Crippen LogP) is 5.91. The molecule has 1 aromatic carbocycles. The van der Waals surface area contributed by atoms with Gasteiger partial charge in [0.25, 0.3) is 0 Å². The molecule has 5 rings (SSSR count). The monoisotopic (exact) mass is 479 g/mol. The van der Waals surface area contributed by atoms with Gasteiger partial charge in [0.15, 0.2) is 0 Å². The van der Waals surface area contributed by atoms with E-state index in [0.717, 1.165) is 54.0 Å². The molecule has 3 heterocycles. The van der Waals surface area contributed by atoms with Crippen molar-refractivity contribution < 1.29 is 19.0 Å². The van der Waals surface area contributed by atoms with Crippen LogP contribution in [0.5, 0.6) is 5.75 Å². The van der Waals surface area contributed by atoms with Crippen LogP contribution in [0.4, 0.5) is 0 Å². The molecule has 2 aromatic heterocycles. The first-order valence-corrected chi connectivity index (χ1v) is 12.9. The van der Waals surface area contributed by atoms with E-state index in [-0.39, 0.29) is 6.61 Å². The molecule has 6 heteroatoms. The fourth-order valence-electron chi connectivity index (χ4n) is 5.12. The molecule has 0 saturated carbocycles. The summed E-state index contributed by atoms with van der Waals surface area (Å²) in [7, 11) is 1.74. The van der Waals surface area contributed by atoms with Gasteiger partial charge in [-0.25, -0.2) is 0 Å². The summed E-state index contributed by atoms with van der Waals surface area (Å²) in [5, 5.41) is 11.7. The van der Waals surface area contributed by atoms with E-state index < -0.39 is 6.10 Å². The standard InChI is InChI=1S/C28H33NO4S/c1-18-12-20(28-15-21-14-23(31-3)6-4-9-27(21)34-28)10-11-29(18)16-22(30)17-32-25-7-5-8-26-24(25)13-19(2)33-26/h4-9,13,15,18,20,22,30H,10-12,14,16-17H2,1-3H3/t18?,20-,22?/m0/s1. The molecule has 3 aromatic rings. The third-order valence-corrected chi connectivity index (χ3v) is 8.26. The third kappa shape index (κ3) is 4.95. The Labute approximate surface area is 205 Å². The summed E-state index contributed by atoms with van der Waals surface area (Å²) in [5.74, 6) is 3.20. The van der Waals surface area contributed by atoms with Crippen LogP contribution in [0, 0.1) is 6.92 Å². The maximum absolute atomic E-state index is 10.7. The van der Waals surface area contributed by atoms with Crippen molar-refractivity contribution in [3.05, 3.63) is 69.3 Å². The van der Waals surface area contributed by atoms with E-state index in [4.69, 9.17) is 13.9 Å². The molecule has 1 N–H and O–H groups in total. The number of likely N-dealkylation sites (tertiary alicyclic amines) is 1. The Balaban J connectivity index is 1.16. The van der Waals surface area contributed by atoms with E-state index in [1.54, 1.807) is 7.11 Å². The molecule has 3 atom stereocenters. The van der Waals surface area contributed by atoms with Gasteiger partial charge in [-0.1, -0.05) is 12.1 Å². The van der Waals surface area contributed by atoms with Crippen molar-refractivity contribution >= 4 is 28.4 Å². The number of ether oxygens (including phenoxy) is 2. The number of β-amino-alcohol motifs (C(OH)–C–C–N with tert-alkyl or cyclic N) is 1. The van der Waals surface area contributed by atoms with Gasteiger partial charge in [0.1, 0.15) is 29.8 Å². The van der Waals surface area contributed by atoms with E-state index in [0.29, 0.717) is 18.5 Å². The lowest BCUT2D eigenvalue weighted by Crippen LogP contribution is -2.45. The normalized spacial score (nSPS) is 21.7. The number of furan rings is 1. The van der Waals surface area contributed by atoms with Gasteiger partial charge in [-0.3, -0.25) is 4.90 Å². The third-order valence-electron chi connectivity index (χ3n) is 6.95. The average molecular weight is 480 g/mol. The second-order valence-electron chi connectivity index (χ2n) is 9.47. The molecule has 34 heavy (non-hydrogen) atoms. The van der Waals surface area contributed by atoms with Gasteiger partial charge in [-0.15, -0.1) is 11.3 Å². The van der Waals surface area contributed by atoms with Crippen LogP contribution in [0.2, 0.25) is 0 Å². The van der Waals surface area contributed by atoms with Crippen LogP contribution in [-0.2, 0) is 11.2 Å². The molecule has 1 aliphatic carbocycles. The fourth-order valence-corrected chi connectivity index (χ4v) is 6.37. The number of rotatable bonds is 7. The topological polar surface area (TPSA) is 55.1 Å². The van der Waals surface area contributed by atoms with Gasteiger partial charge in [-0.2, -0.15) is 0 Å². The number of aryl methyl sites for hydroxylation is 1. The summed E-state index contributed by atoms with van der Waals surface area (Å²) in [6.07, 6.45) is 8.90. The molecule has 1 fully saturated rings. The van der Waals surface area contributed by atoms with Crippen LogP contribution >= 0.6 is 11.3 Å². The number of piperidine rings is 1. The zero-order valence-corrected chi connectivity index (χ0v) is 20.9. The number of nitrogens with zero attached hydrogens (tertiary/aromatic N) is 1. The van der Waals surface area contributed by atoms with E-state index in [1.807, 2.05) is 42.5 Å². The number of aliphatic hydroxyl groups is 1. The SMILES string of the molecule is COC1=CC=Cc2sc([C@H]3CCN(CC(O)COc4cccc5oc(C)cc45)C(C)C3)cc2C1. The number of methoxy groups -OCH3 is 1. The van der Waals surface area contributed by atoms with Gasteiger partial charge in [0.2, 0.25) is 0 Å². The number of benzene rings is 1. The highest BCUT2D eigenvalue weighted by atomic mass is 32.1. The van der Waals surface area contributed by atoms with Crippen LogP contribution in [0.1, 0.15) is 46.8 Å². The van der Waals surface area contributed by atoms with Crippen molar-refractivity contribution in [3.63, 3.8) is 0 Å². The minimum atomic E-state index is -0.538. The second kappa shape index (κ2) is 9.98. The summed E-state index contributed by atoms with van der Waals surface area (Å²) in [4.78, 5) is 5.23. The smallest absolute Gasteiger partial charge is 0.137 e. The first kappa shape index (κ1) is 23.2. The van der Waals surface area contributed by atoms with Gasteiger partial charge in [0.05, 0.1) is 18.3 Å². The minimum absolute atomic E-state index is 0.273. The number of fused-ring (bicyclic) bond motifs is 2. The fraction of sp³-hybridized carbons (Fsp3) is 0.429. The summed E-state index contributed by atoms with van der Waals surface area (Å²) >= 11 is 1.92. The van der Waals surface area contributed by atoms with Gasteiger partial charge < -0.3 is 19.0 Å². The summed E-state index contributed by atoms with van der Waals surface area (Å²) in [5.41, 5.74) is 2.18. The maximum Gasteiger partial charge on any atom is 0.137 e. The average Bonchev–Trinajstić information content (AvgIpc) is 3.35. The number of allylic oxidation sites excluding steroid dienone is 3. The highest BCUT2D eigenvalue weighted by Gasteiger charge is 2.29. The molecule has 2 aliphatic rings. The van der Waals surface area contributed by atoms with E-state index >= 15 is 0 Å². The number of hydrogen-bond acceptors (Lipinski definition) is 6. The van der Waals surface area contributed by atoms with Gasteiger partial charge in [0, 0.05) is 28.8 Å². The Morgan fingerprint density at radius 2 is 2.18 bits per heavy atom. The van der Waals surface area contributed by atoms with Crippen LogP contribution in [-0.4, -0.2) is 49.0 Å². The van der Waals surface area contributed by atoms with E-state index in [2.05, 4.69) is 36.1 Å². The zero-order chi connectivity index (χ0) is 23.7. The van der Waals surface area contributed by atoms with Crippen molar-refractivity contribution in [3.8, 4) is 5.75 Å². The predicted molar refractivity (Wildman–Crippen MR) is 138 cm³/mol. The van der Waals surface area contributed by atoms with Crippen molar-refractivity contribution in [2.24, 2.45) is 0 Å². The number of thiophene rings is 1. The molecule has 0 radical (unpaired) electrons. The summed E-state index contributed by atoms with van der Waals surface area (Å²) in [6.45, 7) is 6.09. The zero-order valence-electron chi connectivity index (χ0n) is 20.1. The van der Waals surface area contributed by atoms with E-state index in [9.17, 15) is 5.11 Å². The molecule has 1 saturated heterocycles. The molecule has 1 aliphatic heterocycles. The minimum Gasteiger partial charge on any atom is -0.501 e. The van der Waals surface area contributed by atoms with Gasteiger partial charge >= 0.3 is 0 Å². The summed E-state index contributed by atoms with van der Waals surface area (Å²) < 4.78 is 17.1. The first-order valence-electron chi connectivity index (χ1n) is 12.1. The van der Waals surface area contributed by atoms with Gasteiger partial charge in [-0.05, 0) is 81.1 Å². The Kier molecular flexibility index (Phi) is 6.82. The summed E-state index contributed by atoms with van der Waals surface area (Å²) in [6, 6.07) is 10.6. The number of aliphatic hydroxyl groups excluding tert-OH is 1. The van der Waals surface area contributed by atoms with Crippen molar-refractivity contribution in [2.75, 3.05) is 26.8 Å². The Morgan fingerprint density at radius 1 is 1.29 bits per heavy atom. The Hall–Kier alpha value is -2.54. The van der Waals surface area contributed by atoms with Crippen molar-refractivity contribution in [1.29, 1.82) is 0 Å². The lowest BCUT2D eigenvalue weighted by Gasteiger charge is -2.38. The largest absolute Gasteiger partial charge is 0.501 e. The number of hydrogen-bond donors (Lipinski definition) is 1. The molecule has 0 spiro atoms. The maximum atomic E-state index is 10.7. The lowest BCUT2D eigenvalue weighted by atomic mass is 9.89. The van der Waals surface area contributed by atoms with Crippen LogP contribution in [0.3, 0.4) is 0 Å². The van der Waals surface area contributed by atoms with Crippen LogP contribution in [0.25, 0.3) is 17.0 Å². The Bertz CT molecular complexity index is 1210. The molecular weight excluding hydrogens is 446 g/mol. The highest BCUT2D eigenvalue weighted by Crippen LogP contribution is 2.39. The molecule has 180 valence electrons. The second-order valence-corrected chi connectivity index (χ2v) is 10.6. The van der Waals surface area contributed by atoms with Crippen molar-refractivity contribution in [2.45, 2.75) is 51.2 Å². The first-order chi connectivity index (χ1) is 16.5. The van der Waals surface area contributed by atoms with Crippen LogP contribution < -0.4 is 4.74 Å². The highest BCUT2D eigenvalue weighted by molar-refractivity contribution is 7.13. The lowest BCUT2D eigenvalue weighted by molar-refractivity contribution is 0.0408.